The number of nitrogens with one attached hydrogen (secondary N) is 13. The zero-order valence-corrected chi connectivity index (χ0v) is 64.6. The molecule has 43 heteroatoms. The second-order valence-corrected chi connectivity index (χ2v) is 27.9. The summed E-state index contributed by atoms with van der Waals surface area (Å²) < 4.78 is 10.7. The number of carboxylic acids is 4. The van der Waals surface area contributed by atoms with Crippen molar-refractivity contribution in [3.8, 4) is 0 Å². The minimum Gasteiger partial charge on any atom is -0.481 e. The molecule has 1 fully saturated rings. The number of carbonyl (C=O) groups is 20. The van der Waals surface area contributed by atoms with Gasteiger partial charge >= 0.3 is 29.8 Å². The Balaban J connectivity index is 2.22. The highest BCUT2D eigenvalue weighted by molar-refractivity contribution is 6.02. The molecule has 43 nitrogen and oxygen atoms in total. The van der Waals surface area contributed by atoms with Crippen LogP contribution in [0.3, 0.4) is 0 Å². The van der Waals surface area contributed by atoms with Crippen LogP contribution in [-0.2, 0) is 112 Å². The zero-order chi connectivity index (χ0) is 85.8. The van der Waals surface area contributed by atoms with Crippen LogP contribution in [0.2, 0.25) is 0 Å². The van der Waals surface area contributed by atoms with Gasteiger partial charge in [0.25, 0.3) is 0 Å². The van der Waals surface area contributed by atoms with Gasteiger partial charge in [0.1, 0.15) is 72.6 Å². The fraction of sp³-hybridized carbons (Fsp3) is 0.606. The Bertz CT molecular complexity index is 3800. The summed E-state index contributed by atoms with van der Waals surface area (Å²) in [4.78, 5) is 276. The number of amides is 15. The summed E-state index contributed by atoms with van der Waals surface area (Å²) in [5, 5.41) is 67.0. The van der Waals surface area contributed by atoms with E-state index >= 15 is 0 Å². The lowest BCUT2D eigenvalue weighted by Gasteiger charge is -2.32. The van der Waals surface area contributed by atoms with Crippen LogP contribution in [-0.4, -0.2) is 261 Å². The third kappa shape index (κ3) is 33.2. The summed E-state index contributed by atoms with van der Waals surface area (Å²) in [6, 6.07) is -15.1. The fourth-order valence-corrected chi connectivity index (χ4v) is 11.6. The average molecular weight is 1610 g/mol. The average Bonchev–Trinajstić information content (AvgIpc) is 1.51. The highest BCUT2D eigenvalue weighted by atomic mass is 16.5. The van der Waals surface area contributed by atoms with E-state index in [1.165, 1.54) is 13.8 Å². The zero-order valence-electron chi connectivity index (χ0n) is 64.6. The second kappa shape index (κ2) is 48.1. The molecule has 1 aliphatic heterocycles. The summed E-state index contributed by atoms with van der Waals surface area (Å²) >= 11 is 0. The van der Waals surface area contributed by atoms with Crippen LogP contribution in [0.15, 0.2) is 30.5 Å². The van der Waals surface area contributed by atoms with Gasteiger partial charge in [0.2, 0.25) is 88.6 Å². The number of nitrogens with zero attached hydrogens (tertiary/aromatic N) is 1. The first-order valence-corrected chi connectivity index (χ1v) is 36.9. The Hall–Kier alpha value is -11.9. The van der Waals surface area contributed by atoms with Crippen molar-refractivity contribution < 1.29 is 126 Å². The number of aromatic nitrogens is 1. The van der Waals surface area contributed by atoms with Gasteiger partial charge in [-0.3, -0.25) is 86.3 Å². The van der Waals surface area contributed by atoms with Crippen LogP contribution in [0.4, 0.5) is 0 Å². The maximum absolute atomic E-state index is 14.9. The first kappa shape index (κ1) is 96.3. The molecule has 114 heavy (non-hydrogen) atoms. The smallest absolute Gasteiger partial charge is 0.335 e. The van der Waals surface area contributed by atoms with Gasteiger partial charge in [-0.1, -0.05) is 78.0 Å². The number of carboxylic acid groups (broad SMARTS) is 4. The highest BCUT2D eigenvalue weighted by Crippen LogP contribution is 2.21. The molecule has 1 aromatic carbocycles. The van der Waals surface area contributed by atoms with Crippen molar-refractivity contribution in [3.63, 3.8) is 0 Å². The van der Waals surface area contributed by atoms with E-state index in [1.54, 1.807) is 30.5 Å². The molecule has 0 saturated carbocycles. The summed E-state index contributed by atoms with van der Waals surface area (Å²) in [6.07, 6.45) is -4.49. The van der Waals surface area contributed by atoms with Gasteiger partial charge in [0, 0.05) is 50.5 Å². The minimum atomic E-state index is -2.31. The first-order chi connectivity index (χ1) is 53.6. The van der Waals surface area contributed by atoms with Crippen molar-refractivity contribution in [2.75, 3.05) is 33.8 Å². The molecule has 14 atom stereocenters. The molecule has 0 bridgehead atoms. The third-order valence-corrected chi connectivity index (χ3v) is 18.2. The van der Waals surface area contributed by atoms with Crippen molar-refractivity contribution in [2.45, 2.75) is 229 Å². The van der Waals surface area contributed by atoms with E-state index in [9.17, 15) is 116 Å². The van der Waals surface area contributed by atoms with E-state index in [1.807, 2.05) is 5.32 Å². The van der Waals surface area contributed by atoms with Crippen molar-refractivity contribution in [1.82, 2.24) is 73.7 Å². The summed E-state index contributed by atoms with van der Waals surface area (Å²) in [6.45, 7) is 6.56. The van der Waals surface area contributed by atoms with Crippen LogP contribution >= 0.6 is 0 Å². The van der Waals surface area contributed by atoms with Crippen LogP contribution in [0.25, 0.3) is 10.9 Å². The number of benzene rings is 1. The van der Waals surface area contributed by atoms with E-state index in [2.05, 4.69) is 77.3 Å². The van der Waals surface area contributed by atoms with Crippen molar-refractivity contribution in [3.05, 3.63) is 36.0 Å². The Kier molecular flexibility index (Phi) is 40.6. The number of unbranched alkanes of at least 4 members (excludes halogenated alkanes) is 4. The molecule has 1 aliphatic rings. The van der Waals surface area contributed by atoms with Crippen LogP contribution in [0, 0.1) is 11.8 Å². The predicted octanol–water partition coefficient (Wildman–Crippen LogP) is -5.58. The summed E-state index contributed by atoms with van der Waals surface area (Å²) in [7, 11) is 1.73. The number of methoxy groups -OCH3 is 1. The molecule has 0 spiro atoms. The molecule has 3 rings (SSSR count). The maximum atomic E-state index is 14.9. The van der Waals surface area contributed by atoms with Gasteiger partial charge in [0.15, 0.2) is 6.10 Å². The number of H-pyrrole nitrogens is 1. The number of carbonyl (C=O) groups excluding carboxylic acids is 16. The van der Waals surface area contributed by atoms with Gasteiger partial charge in [-0.05, 0) is 76.0 Å². The van der Waals surface area contributed by atoms with E-state index in [0.717, 1.165) is 53.7 Å². The minimum absolute atomic E-state index is 0.00603. The van der Waals surface area contributed by atoms with E-state index < -0.39 is 255 Å². The SMILES string of the molecule is CCC(C)CCCCCCC(=O)NC(Cc1c[nH]c2ccccc12)C(=O)NC(CC(N)=O)C(=O)NC(CC(=O)O)C(=O)NC1C(=O)N(C)CC(=O)NC(C)C(=O)NC(CC(=O)O)C(=O)NC(CCCCN)C(=O)NC(C(OC)C(=O)O)C(=O)NCC(=O)NC(CC(N)=O)C(=O)NC(CCC(=O)O)C(=O)NC(C(C)C)C(=O)OC1C. The predicted molar refractivity (Wildman–Crippen MR) is 397 cm³/mol. The number of cyclic esters (lactones) is 1. The molecule has 14 unspecified atom stereocenters. The molecule has 0 radical (unpaired) electrons. The van der Waals surface area contributed by atoms with Crippen LogP contribution in [0.5, 0.6) is 0 Å². The number of hydrogen-bond donors (Lipinski definition) is 20. The summed E-state index contributed by atoms with van der Waals surface area (Å²) in [5.41, 5.74) is 17.8. The van der Waals surface area contributed by atoms with Crippen molar-refractivity contribution >= 4 is 129 Å². The lowest BCUT2D eigenvalue weighted by atomic mass is 10.00. The maximum Gasteiger partial charge on any atom is 0.335 e. The number of esters is 1. The van der Waals surface area contributed by atoms with Gasteiger partial charge < -0.3 is 121 Å². The number of primary amides is 2. The Morgan fingerprint density at radius 2 is 1.18 bits per heavy atom. The van der Waals surface area contributed by atoms with Crippen LogP contribution < -0.4 is 81.0 Å². The van der Waals surface area contributed by atoms with Gasteiger partial charge in [0.05, 0.1) is 38.8 Å². The molecule has 23 N–H and O–H groups in total. The van der Waals surface area contributed by atoms with Gasteiger partial charge in [-0.2, -0.15) is 0 Å². The molecule has 2 heterocycles. The van der Waals surface area contributed by atoms with Crippen molar-refractivity contribution in [1.29, 1.82) is 0 Å². The molecular formula is C71H107N17O26. The highest BCUT2D eigenvalue weighted by Gasteiger charge is 2.42. The summed E-state index contributed by atoms with van der Waals surface area (Å²) in [5.74, 6) is -28.4. The quantitative estimate of drug-likeness (QED) is 0.0223. The third-order valence-electron chi connectivity index (χ3n) is 18.2. The fourth-order valence-electron chi connectivity index (χ4n) is 11.6. The number of nitrogens with two attached hydrogens (primary N) is 3. The number of fused-ring (bicyclic) bond motifs is 1. The van der Waals surface area contributed by atoms with E-state index in [4.69, 9.17) is 26.7 Å². The molecule has 1 aromatic heterocycles. The second-order valence-electron chi connectivity index (χ2n) is 27.9. The van der Waals surface area contributed by atoms with Gasteiger partial charge in [-0.15, -0.1) is 0 Å². The standard InChI is InChI=1S/C71H107N17O26/c1-9-35(4)18-12-10-11-13-22-50(91)78-43(26-38-31-75-40-20-15-14-19-39(38)40)63(103)83-45(28-49(74)90)65(105)84-47(30-55(98)99)67(107)86-57-37(6)114-71(112)56(34(2)3)85-62(102)42(23-24-53(94)95)81-64(104)44(27-48(73)89)79-51(92)32-76-68(108)58(59(113-8)70(110)111)87-61(101)41(21-16-17-25-72)80-66(106)46(29-54(96)97)82-60(100)36(5)77-52(93)33-88(7)69(57)109/h14-15,19-20,31,34-37,41-47,56-59,75H,9-13,16-18,21-30,32-33,72H2,1-8H3,(H2,73,89)(H2,74,90)(H,76,108)(H,77,93)(H,78,91)(H,79,92)(H,80,106)(H,81,104)(H,82,100)(H,83,103)(H,84,105)(H,85,102)(H,86,107)(H,87,101)(H,94,95)(H,96,97)(H,98,99)(H,110,111). The van der Waals surface area contributed by atoms with Gasteiger partial charge in [-0.25, -0.2) is 9.59 Å². The number of aliphatic carboxylic acids is 4. The monoisotopic (exact) mass is 1610 g/mol. The normalized spacial score (nSPS) is 21.7. The molecule has 15 amide bonds. The molecule has 2 aromatic rings. The Morgan fingerprint density at radius 1 is 0.605 bits per heavy atom. The largest absolute Gasteiger partial charge is 0.481 e. The number of para-hydroxylation sites is 1. The lowest BCUT2D eigenvalue weighted by Crippen LogP contribution is -2.62. The molecular weight excluding hydrogens is 1510 g/mol. The Labute approximate surface area is 654 Å². The van der Waals surface area contributed by atoms with Crippen LogP contribution in [0.1, 0.15) is 150 Å². The van der Waals surface area contributed by atoms with E-state index in [-0.39, 0.29) is 38.6 Å². The molecule has 632 valence electrons. The number of ether oxygens (including phenoxy) is 2. The Morgan fingerprint density at radius 3 is 1.75 bits per heavy atom. The number of aromatic amines is 1. The topological polar surface area (TPSA) is 682 Å². The first-order valence-electron chi connectivity index (χ1n) is 36.9. The molecule has 1 saturated heterocycles. The lowest BCUT2D eigenvalue weighted by molar-refractivity contribution is -0.159. The molecule has 0 aliphatic carbocycles. The van der Waals surface area contributed by atoms with Crippen molar-refractivity contribution in [2.24, 2.45) is 29.0 Å². The van der Waals surface area contributed by atoms with E-state index in [0.29, 0.717) is 40.1 Å². The number of hydrogen-bond acceptors (Lipinski definition) is 23. The number of rotatable bonds is 36. The number of likely N-dealkylation sites (N-methyl/N-ethyl adjacent to an activating group) is 1.